The molecule has 2 aliphatic rings. The third-order valence-corrected chi connectivity index (χ3v) is 4.22. The summed E-state index contributed by atoms with van der Waals surface area (Å²) in [7, 11) is 0. The van der Waals surface area contributed by atoms with E-state index >= 15 is 0 Å². The second-order valence-corrected chi connectivity index (χ2v) is 5.41. The van der Waals surface area contributed by atoms with Crippen LogP contribution in [0.4, 0.5) is 8.78 Å². The van der Waals surface area contributed by atoms with Crippen molar-refractivity contribution >= 4 is 0 Å². The van der Waals surface area contributed by atoms with Gasteiger partial charge in [0, 0.05) is 12.1 Å². The number of piperidine rings is 1. The molecule has 0 aromatic rings. The van der Waals surface area contributed by atoms with Crippen molar-refractivity contribution in [1.82, 2.24) is 10.6 Å². The molecule has 1 saturated carbocycles. The fourth-order valence-electron chi connectivity index (χ4n) is 3.38. The SMILES string of the molecule is FC(F)CNC1CCCCC1C1CCCCN1. The van der Waals surface area contributed by atoms with Gasteiger partial charge in [-0.25, -0.2) is 8.78 Å². The van der Waals surface area contributed by atoms with Gasteiger partial charge in [-0.15, -0.1) is 0 Å². The molecule has 17 heavy (non-hydrogen) atoms. The molecule has 1 aliphatic carbocycles. The molecule has 100 valence electrons. The first-order valence-corrected chi connectivity index (χ1v) is 7.02. The van der Waals surface area contributed by atoms with E-state index in [2.05, 4.69) is 10.6 Å². The second-order valence-electron chi connectivity index (χ2n) is 5.41. The van der Waals surface area contributed by atoms with Crippen molar-refractivity contribution in [3.8, 4) is 0 Å². The smallest absolute Gasteiger partial charge is 0.250 e. The van der Waals surface area contributed by atoms with Gasteiger partial charge in [0.05, 0.1) is 6.54 Å². The Morgan fingerprint density at radius 3 is 2.53 bits per heavy atom. The van der Waals surface area contributed by atoms with Gasteiger partial charge >= 0.3 is 0 Å². The Bertz CT molecular complexity index is 217. The minimum Gasteiger partial charge on any atom is -0.314 e. The van der Waals surface area contributed by atoms with Gasteiger partial charge in [0.1, 0.15) is 0 Å². The van der Waals surface area contributed by atoms with Crippen LogP contribution < -0.4 is 10.6 Å². The van der Waals surface area contributed by atoms with Crippen LogP contribution in [0.3, 0.4) is 0 Å². The lowest BCUT2D eigenvalue weighted by atomic mass is 9.77. The zero-order valence-corrected chi connectivity index (χ0v) is 10.4. The zero-order valence-electron chi connectivity index (χ0n) is 10.4. The van der Waals surface area contributed by atoms with Gasteiger partial charge in [0.25, 0.3) is 6.43 Å². The van der Waals surface area contributed by atoms with Crippen LogP contribution in [-0.4, -0.2) is 31.6 Å². The van der Waals surface area contributed by atoms with Crippen LogP contribution in [0.25, 0.3) is 0 Å². The van der Waals surface area contributed by atoms with Crippen LogP contribution in [0, 0.1) is 5.92 Å². The van der Waals surface area contributed by atoms with Gasteiger partial charge in [-0.2, -0.15) is 0 Å². The van der Waals surface area contributed by atoms with E-state index in [-0.39, 0.29) is 6.54 Å². The predicted molar refractivity (Wildman–Crippen MR) is 65.4 cm³/mol. The topological polar surface area (TPSA) is 24.1 Å². The van der Waals surface area contributed by atoms with Crippen LogP contribution in [0.2, 0.25) is 0 Å². The zero-order chi connectivity index (χ0) is 12.1. The van der Waals surface area contributed by atoms with Crippen molar-refractivity contribution in [2.45, 2.75) is 63.5 Å². The summed E-state index contributed by atoms with van der Waals surface area (Å²) < 4.78 is 24.6. The summed E-state index contributed by atoms with van der Waals surface area (Å²) in [6.45, 7) is 0.955. The molecule has 0 spiro atoms. The lowest BCUT2D eigenvalue weighted by Gasteiger charge is -2.40. The number of hydrogen-bond acceptors (Lipinski definition) is 2. The van der Waals surface area contributed by atoms with Crippen molar-refractivity contribution in [3.05, 3.63) is 0 Å². The molecule has 2 nitrogen and oxygen atoms in total. The highest BCUT2D eigenvalue weighted by molar-refractivity contribution is 4.90. The maximum atomic E-state index is 12.3. The fraction of sp³-hybridized carbons (Fsp3) is 1.00. The Kier molecular flexibility index (Phi) is 5.16. The minimum absolute atomic E-state index is 0.145. The Balaban J connectivity index is 1.86. The highest BCUT2D eigenvalue weighted by Gasteiger charge is 2.32. The van der Waals surface area contributed by atoms with Crippen molar-refractivity contribution in [1.29, 1.82) is 0 Å². The van der Waals surface area contributed by atoms with Crippen molar-refractivity contribution in [2.75, 3.05) is 13.1 Å². The molecule has 0 radical (unpaired) electrons. The van der Waals surface area contributed by atoms with Gasteiger partial charge in [-0.1, -0.05) is 19.3 Å². The van der Waals surface area contributed by atoms with E-state index in [0.29, 0.717) is 18.0 Å². The maximum Gasteiger partial charge on any atom is 0.250 e. The quantitative estimate of drug-likeness (QED) is 0.796. The molecule has 2 rings (SSSR count). The summed E-state index contributed by atoms with van der Waals surface area (Å²) in [4.78, 5) is 0. The Hall–Kier alpha value is -0.220. The van der Waals surface area contributed by atoms with E-state index in [0.717, 1.165) is 13.0 Å². The number of nitrogens with one attached hydrogen (secondary N) is 2. The van der Waals surface area contributed by atoms with E-state index < -0.39 is 6.43 Å². The molecule has 2 fully saturated rings. The monoisotopic (exact) mass is 246 g/mol. The molecule has 1 heterocycles. The van der Waals surface area contributed by atoms with Crippen molar-refractivity contribution in [3.63, 3.8) is 0 Å². The summed E-state index contributed by atoms with van der Waals surface area (Å²) in [5, 5.41) is 6.66. The molecular formula is C13H24F2N2. The van der Waals surface area contributed by atoms with E-state index in [4.69, 9.17) is 0 Å². The molecule has 0 aromatic heterocycles. The lowest BCUT2D eigenvalue weighted by molar-refractivity contribution is 0.119. The van der Waals surface area contributed by atoms with Crippen LogP contribution in [0.15, 0.2) is 0 Å². The van der Waals surface area contributed by atoms with Crippen LogP contribution in [0.5, 0.6) is 0 Å². The first kappa shape index (κ1) is 13.2. The molecule has 3 atom stereocenters. The molecule has 1 aliphatic heterocycles. The highest BCUT2D eigenvalue weighted by atomic mass is 19.3. The van der Waals surface area contributed by atoms with E-state index in [1.54, 1.807) is 0 Å². The minimum atomic E-state index is -2.23. The van der Waals surface area contributed by atoms with Crippen LogP contribution in [-0.2, 0) is 0 Å². The summed E-state index contributed by atoms with van der Waals surface area (Å²) in [6.07, 6.45) is 6.25. The largest absolute Gasteiger partial charge is 0.314 e. The number of alkyl halides is 2. The molecular weight excluding hydrogens is 222 g/mol. The van der Waals surface area contributed by atoms with E-state index in [1.807, 2.05) is 0 Å². The maximum absolute atomic E-state index is 12.3. The number of rotatable bonds is 4. The Morgan fingerprint density at radius 2 is 1.82 bits per heavy atom. The van der Waals surface area contributed by atoms with Gasteiger partial charge in [-0.3, -0.25) is 0 Å². The van der Waals surface area contributed by atoms with Gasteiger partial charge in [-0.05, 0) is 38.1 Å². The molecule has 0 bridgehead atoms. The fourth-order valence-corrected chi connectivity index (χ4v) is 3.38. The lowest BCUT2D eigenvalue weighted by Crippen LogP contribution is -2.51. The average molecular weight is 246 g/mol. The summed E-state index contributed by atoms with van der Waals surface area (Å²) in [6, 6.07) is 0.854. The third-order valence-electron chi connectivity index (χ3n) is 4.22. The molecule has 1 saturated heterocycles. The third kappa shape index (κ3) is 3.88. The number of halogens is 2. The van der Waals surface area contributed by atoms with E-state index in [1.165, 1.54) is 38.5 Å². The van der Waals surface area contributed by atoms with Crippen LogP contribution >= 0.6 is 0 Å². The first-order chi connectivity index (χ1) is 8.27. The molecule has 0 aromatic carbocycles. The normalized spacial score (nSPS) is 35.1. The average Bonchev–Trinajstić information content (AvgIpc) is 2.38. The molecule has 4 heteroatoms. The van der Waals surface area contributed by atoms with Crippen LogP contribution in [0.1, 0.15) is 44.9 Å². The molecule has 2 N–H and O–H groups in total. The predicted octanol–water partition coefficient (Wildman–Crippen LogP) is 2.54. The van der Waals surface area contributed by atoms with Gasteiger partial charge in [0.2, 0.25) is 0 Å². The van der Waals surface area contributed by atoms with Gasteiger partial charge in [0.15, 0.2) is 0 Å². The number of hydrogen-bond donors (Lipinski definition) is 2. The highest BCUT2D eigenvalue weighted by Crippen LogP contribution is 2.30. The second kappa shape index (κ2) is 6.64. The van der Waals surface area contributed by atoms with Crippen molar-refractivity contribution < 1.29 is 8.78 Å². The summed E-state index contributed by atoms with van der Waals surface area (Å²) in [5.41, 5.74) is 0. The van der Waals surface area contributed by atoms with E-state index in [9.17, 15) is 8.78 Å². The molecule has 0 amide bonds. The molecule has 3 unspecified atom stereocenters. The standard InChI is InChI=1S/C13H24F2N2/c14-13(15)9-17-12-6-2-1-5-10(12)11-7-3-4-8-16-11/h10-13,16-17H,1-9H2. The summed E-state index contributed by atoms with van der Waals surface area (Å²) >= 11 is 0. The summed E-state index contributed by atoms with van der Waals surface area (Å²) in [5.74, 6) is 0.558. The van der Waals surface area contributed by atoms with Gasteiger partial charge < -0.3 is 10.6 Å². The Labute approximate surface area is 103 Å². The van der Waals surface area contributed by atoms with Crippen molar-refractivity contribution in [2.24, 2.45) is 5.92 Å². The Morgan fingerprint density at radius 1 is 1.06 bits per heavy atom. The first-order valence-electron chi connectivity index (χ1n) is 7.02.